The molecule has 4 nitrogen and oxygen atoms in total. The number of furan rings is 1. The number of alkyl halides is 3. The molecular formula is C16H7F3N2O2S. The van der Waals surface area contributed by atoms with Gasteiger partial charge in [-0.25, -0.2) is 9.97 Å². The summed E-state index contributed by atoms with van der Waals surface area (Å²) in [5.74, 6) is -2.10. The molecule has 0 spiro atoms. The summed E-state index contributed by atoms with van der Waals surface area (Å²) >= 11 is 1.11. The molecule has 0 radical (unpaired) electrons. The van der Waals surface area contributed by atoms with Crippen molar-refractivity contribution in [2.45, 2.75) is 6.18 Å². The van der Waals surface area contributed by atoms with E-state index in [9.17, 15) is 18.0 Å². The number of aromatic nitrogens is 2. The van der Waals surface area contributed by atoms with Gasteiger partial charge in [0.15, 0.2) is 5.76 Å². The number of halogens is 3. The lowest BCUT2D eigenvalue weighted by atomic mass is 10.2. The number of benzene rings is 1. The summed E-state index contributed by atoms with van der Waals surface area (Å²) in [6.07, 6.45) is -4.74. The molecule has 0 bridgehead atoms. The van der Waals surface area contributed by atoms with E-state index in [2.05, 4.69) is 9.97 Å². The van der Waals surface area contributed by atoms with Crippen LogP contribution in [-0.4, -0.2) is 15.8 Å². The fraction of sp³-hybridized carbons (Fsp3) is 0.0625. The molecule has 0 fully saturated rings. The third-order valence-electron chi connectivity index (χ3n) is 3.42. The Morgan fingerprint density at radius 2 is 1.92 bits per heavy atom. The second-order valence-corrected chi connectivity index (χ2v) is 5.92. The Morgan fingerprint density at radius 1 is 1.12 bits per heavy atom. The summed E-state index contributed by atoms with van der Waals surface area (Å²) in [7, 11) is 0. The number of fused-ring (bicyclic) bond motifs is 2. The van der Waals surface area contributed by atoms with E-state index in [-0.39, 0.29) is 17.0 Å². The van der Waals surface area contributed by atoms with E-state index in [0.29, 0.717) is 15.7 Å². The molecule has 24 heavy (non-hydrogen) atoms. The summed E-state index contributed by atoms with van der Waals surface area (Å²) in [5, 5.41) is 2.25. The number of nitrogens with zero attached hydrogens (tertiary/aromatic N) is 2. The van der Waals surface area contributed by atoms with Crippen LogP contribution in [-0.2, 0) is 6.18 Å². The molecule has 8 heteroatoms. The molecule has 0 N–H and O–H groups in total. The maximum absolute atomic E-state index is 13.0. The standard InChI is InChI=1S/C16H7F3N2O2S/c17-16(18,19)15-20-9-5-6-24-14(9)12(21-15)13(22)11-7-8-3-1-2-4-10(8)23-11/h1-7H. The van der Waals surface area contributed by atoms with Gasteiger partial charge in [-0.15, -0.1) is 11.3 Å². The molecule has 0 atom stereocenters. The zero-order chi connectivity index (χ0) is 16.9. The molecule has 1 aromatic carbocycles. The van der Waals surface area contributed by atoms with Crippen LogP contribution in [0.5, 0.6) is 0 Å². The number of para-hydroxylation sites is 1. The van der Waals surface area contributed by atoms with Crippen molar-refractivity contribution in [3.63, 3.8) is 0 Å². The largest absolute Gasteiger partial charge is 0.453 e. The summed E-state index contributed by atoms with van der Waals surface area (Å²) in [4.78, 5) is 19.6. The number of carbonyl (C=O) groups excluding carboxylic acids is 1. The van der Waals surface area contributed by atoms with E-state index in [1.165, 1.54) is 12.1 Å². The minimum Gasteiger partial charge on any atom is -0.453 e. The molecule has 0 aliphatic carbocycles. The van der Waals surface area contributed by atoms with Crippen molar-refractivity contribution in [2.24, 2.45) is 0 Å². The van der Waals surface area contributed by atoms with Crippen LogP contribution in [0.25, 0.3) is 21.2 Å². The van der Waals surface area contributed by atoms with Crippen molar-refractivity contribution < 1.29 is 22.4 Å². The molecule has 4 rings (SSSR count). The highest BCUT2D eigenvalue weighted by molar-refractivity contribution is 7.17. The first kappa shape index (κ1) is 14.8. The van der Waals surface area contributed by atoms with Crippen LogP contribution >= 0.6 is 11.3 Å². The van der Waals surface area contributed by atoms with Crippen molar-refractivity contribution in [1.82, 2.24) is 9.97 Å². The van der Waals surface area contributed by atoms with Crippen molar-refractivity contribution >= 4 is 38.3 Å². The second kappa shape index (κ2) is 5.13. The fourth-order valence-electron chi connectivity index (χ4n) is 2.35. The van der Waals surface area contributed by atoms with Gasteiger partial charge in [0.25, 0.3) is 0 Å². The SMILES string of the molecule is O=C(c1cc2ccccc2o1)c1nc(C(F)(F)F)nc2ccsc12. The van der Waals surface area contributed by atoms with E-state index < -0.39 is 17.8 Å². The van der Waals surface area contributed by atoms with Crippen LogP contribution in [0, 0.1) is 0 Å². The van der Waals surface area contributed by atoms with E-state index in [1.807, 2.05) is 0 Å². The molecule has 0 aliphatic heterocycles. The lowest BCUT2D eigenvalue weighted by Crippen LogP contribution is -2.15. The smallest absolute Gasteiger partial charge is 0.451 e. The van der Waals surface area contributed by atoms with Gasteiger partial charge in [-0.3, -0.25) is 4.79 Å². The zero-order valence-electron chi connectivity index (χ0n) is 11.8. The van der Waals surface area contributed by atoms with Gasteiger partial charge < -0.3 is 4.42 Å². The predicted molar refractivity (Wildman–Crippen MR) is 82.1 cm³/mol. The lowest BCUT2D eigenvalue weighted by Gasteiger charge is -2.07. The Morgan fingerprint density at radius 3 is 2.67 bits per heavy atom. The van der Waals surface area contributed by atoms with Crippen molar-refractivity contribution in [2.75, 3.05) is 0 Å². The average molecular weight is 348 g/mol. The topological polar surface area (TPSA) is 56.0 Å². The number of ketones is 1. The highest BCUT2D eigenvalue weighted by atomic mass is 32.1. The van der Waals surface area contributed by atoms with Crippen molar-refractivity contribution in [3.05, 3.63) is 59.1 Å². The maximum atomic E-state index is 13.0. The Labute approximate surface area is 136 Å². The third-order valence-corrected chi connectivity index (χ3v) is 4.33. The van der Waals surface area contributed by atoms with Crippen LogP contribution in [0.15, 0.2) is 46.2 Å². The van der Waals surface area contributed by atoms with Gasteiger partial charge in [0.1, 0.15) is 11.3 Å². The van der Waals surface area contributed by atoms with E-state index in [4.69, 9.17) is 4.42 Å². The number of rotatable bonds is 2. The zero-order valence-corrected chi connectivity index (χ0v) is 12.6. The van der Waals surface area contributed by atoms with E-state index >= 15 is 0 Å². The Balaban J connectivity index is 1.91. The normalized spacial score (nSPS) is 12.1. The highest BCUT2D eigenvalue weighted by Gasteiger charge is 2.36. The van der Waals surface area contributed by atoms with E-state index in [1.54, 1.807) is 29.6 Å². The monoisotopic (exact) mass is 348 g/mol. The van der Waals surface area contributed by atoms with Crippen LogP contribution < -0.4 is 0 Å². The molecule has 0 aliphatic rings. The molecule has 0 unspecified atom stereocenters. The molecule has 120 valence electrons. The molecule has 3 aromatic heterocycles. The Kier molecular flexibility index (Phi) is 3.17. The number of hydrogen-bond acceptors (Lipinski definition) is 5. The third kappa shape index (κ3) is 2.35. The fourth-order valence-corrected chi connectivity index (χ4v) is 3.17. The van der Waals surface area contributed by atoms with Gasteiger partial charge in [0.2, 0.25) is 11.6 Å². The number of carbonyl (C=O) groups is 1. The molecule has 4 aromatic rings. The predicted octanol–water partition coefficient (Wildman–Crippen LogP) is 4.69. The highest BCUT2D eigenvalue weighted by Crippen LogP contribution is 2.32. The van der Waals surface area contributed by atoms with Gasteiger partial charge in [0.05, 0.1) is 10.2 Å². The summed E-state index contributed by atoms with van der Waals surface area (Å²) in [6.45, 7) is 0. The van der Waals surface area contributed by atoms with Gasteiger partial charge in [-0.05, 0) is 23.6 Å². The Hall–Kier alpha value is -2.74. The quantitative estimate of drug-likeness (QED) is 0.493. The van der Waals surface area contributed by atoms with Crippen molar-refractivity contribution in [1.29, 1.82) is 0 Å². The molecular weight excluding hydrogens is 341 g/mol. The first-order valence-electron chi connectivity index (χ1n) is 6.79. The first-order chi connectivity index (χ1) is 11.4. The van der Waals surface area contributed by atoms with Gasteiger partial charge in [-0.1, -0.05) is 18.2 Å². The average Bonchev–Trinajstić information content (AvgIpc) is 3.18. The van der Waals surface area contributed by atoms with E-state index in [0.717, 1.165) is 11.3 Å². The van der Waals surface area contributed by atoms with Crippen LogP contribution in [0.2, 0.25) is 0 Å². The van der Waals surface area contributed by atoms with Gasteiger partial charge in [0, 0.05) is 5.39 Å². The molecule has 0 saturated carbocycles. The van der Waals surface area contributed by atoms with Crippen LogP contribution in [0.3, 0.4) is 0 Å². The van der Waals surface area contributed by atoms with Gasteiger partial charge >= 0.3 is 6.18 Å². The Bertz CT molecular complexity index is 1050. The molecule has 0 amide bonds. The number of thiophene rings is 1. The molecule has 3 heterocycles. The second-order valence-electron chi connectivity index (χ2n) is 5.01. The van der Waals surface area contributed by atoms with Crippen molar-refractivity contribution in [3.8, 4) is 0 Å². The summed E-state index contributed by atoms with van der Waals surface area (Å²) < 4.78 is 44.7. The number of hydrogen-bond donors (Lipinski definition) is 0. The first-order valence-corrected chi connectivity index (χ1v) is 7.67. The van der Waals surface area contributed by atoms with Crippen LogP contribution in [0.1, 0.15) is 22.1 Å². The maximum Gasteiger partial charge on any atom is 0.451 e. The summed E-state index contributed by atoms with van der Waals surface area (Å²) in [5.41, 5.74) is 0.261. The molecule has 0 saturated heterocycles. The minimum absolute atomic E-state index is 0.0577. The summed E-state index contributed by atoms with van der Waals surface area (Å²) in [6, 6.07) is 9.85. The lowest BCUT2D eigenvalue weighted by molar-refractivity contribution is -0.144. The minimum atomic E-state index is -4.74. The van der Waals surface area contributed by atoms with Gasteiger partial charge in [-0.2, -0.15) is 13.2 Å². The van der Waals surface area contributed by atoms with Crippen LogP contribution in [0.4, 0.5) is 13.2 Å².